The van der Waals surface area contributed by atoms with E-state index in [1.807, 2.05) is 0 Å². The van der Waals surface area contributed by atoms with Crippen molar-refractivity contribution in [1.82, 2.24) is 10.3 Å². The Morgan fingerprint density at radius 3 is 2.67 bits per heavy atom. The topological polar surface area (TPSA) is 94.0 Å². The number of nitrogens with one attached hydrogen (secondary N) is 1. The van der Waals surface area contributed by atoms with Gasteiger partial charge in [-0.1, -0.05) is 12.1 Å². The van der Waals surface area contributed by atoms with Gasteiger partial charge in [0, 0.05) is 18.9 Å². The molecule has 7 heteroatoms. The largest absolute Gasteiger partial charge is 0.378 e. The summed E-state index contributed by atoms with van der Waals surface area (Å²) in [6.45, 7) is 0. The lowest BCUT2D eigenvalue weighted by atomic mass is 9.80. The highest BCUT2D eigenvalue weighted by atomic mass is 19.1. The molecule has 1 aromatic carbocycles. The van der Waals surface area contributed by atoms with Crippen LogP contribution < -0.4 is 11.1 Å². The fourth-order valence-corrected chi connectivity index (χ4v) is 2.73. The van der Waals surface area contributed by atoms with Crippen LogP contribution in [0.1, 0.15) is 30.7 Å². The molecule has 3 rings (SSSR count). The lowest BCUT2D eigenvalue weighted by molar-refractivity contribution is -0.120. The summed E-state index contributed by atoms with van der Waals surface area (Å²) in [5, 5.41) is 10.2. The molecule has 21 heavy (non-hydrogen) atoms. The van der Waals surface area contributed by atoms with Gasteiger partial charge >= 0.3 is 0 Å². The molecular weight excluding hydrogens is 275 g/mol. The predicted molar refractivity (Wildman–Crippen MR) is 74.1 cm³/mol. The van der Waals surface area contributed by atoms with Gasteiger partial charge in [-0.2, -0.15) is 0 Å². The summed E-state index contributed by atoms with van der Waals surface area (Å²) in [5.41, 5.74) is 6.56. The van der Waals surface area contributed by atoms with E-state index in [9.17, 15) is 9.18 Å². The van der Waals surface area contributed by atoms with Crippen molar-refractivity contribution in [3.63, 3.8) is 0 Å². The van der Waals surface area contributed by atoms with E-state index in [0.717, 1.165) is 12.0 Å². The van der Waals surface area contributed by atoms with Crippen molar-refractivity contribution in [2.75, 3.05) is 11.1 Å². The Balaban J connectivity index is 1.74. The molecule has 0 spiro atoms. The highest BCUT2D eigenvalue weighted by molar-refractivity contribution is 5.81. The van der Waals surface area contributed by atoms with Gasteiger partial charge in [0.15, 0.2) is 0 Å². The number of nitrogens with two attached hydrogens (primary N) is 1. The lowest BCUT2D eigenvalue weighted by Gasteiger charge is -2.29. The third kappa shape index (κ3) is 3.01. The summed E-state index contributed by atoms with van der Waals surface area (Å²) in [4.78, 5) is 11.9. The summed E-state index contributed by atoms with van der Waals surface area (Å²) in [5.74, 6) is 0.462. The Bertz CT molecular complexity index is 641. The number of ketones is 1. The van der Waals surface area contributed by atoms with Gasteiger partial charge in [0.1, 0.15) is 11.6 Å². The van der Waals surface area contributed by atoms with Crippen LogP contribution in [0.3, 0.4) is 0 Å². The van der Waals surface area contributed by atoms with E-state index < -0.39 is 0 Å². The number of benzene rings is 1. The Morgan fingerprint density at radius 1 is 1.24 bits per heavy atom. The van der Waals surface area contributed by atoms with Gasteiger partial charge in [0.05, 0.1) is 0 Å². The van der Waals surface area contributed by atoms with Crippen molar-refractivity contribution in [3.05, 3.63) is 35.6 Å². The summed E-state index contributed by atoms with van der Waals surface area (Å²) in [6.07, 6.45) is 1.62. The molecule has 0 radical (unpaired) electrons. The lowest BCUT2D eigenvalue weighted by Crippen LogP contribution is -2.31. The summed E-state index contributed by atoms with van der Waals surface area (Å²) < 4.78 is 17.5. The average molecular weight is 290 g/mol. The minimum atomic E-state index is -0.281. The molecule has 0 aliphatic heterocycles. The van der Waals surface area contributed by atoms with E-state index in [-0.39, 0.29) is 29.4 Å². The predicted octanol–water partition coefficient (Wildman–Crippen LogP) is 2.11. The van der Waals surface area contributed by atoms with Crippen molar-refractivity contribution in [1.29, 1.82) is 0 Å². The number of carbonyl (C=O) groups excluding carboxylic acids is 1. The molecule has 3 N–H and O–H groups in total. The normalized spacial score (nSPS) is 22.2. The molecule has 0 saturated heterocycles. The van der Waals surface area contributed by atoms with E-state index in [1.54, 1.807) is 12.1 Å². The first-order valence-corrected chi connectivity index (χ1v) is 6.73. The molecule has 110 valence electrons. The Kier molecular flexibility index (Phi) is 3.55. The third-order valence-electron chi connectivity index (χ3n) is 3.71. The molecule has 2 atom stereocenters. The molecule has 1 aromatic heterocycles. The number of Topliss-reactive ketones (excluding diaryl/α,β-unsaturated/α-hetero) is 1. The zero-order chi connectivity index (χ0) is 14.8. The first-order chi connectivity index (χ1) is 10.1. The van der Waals surface area contributed by atoms with Crippen LogP contribution in [0, 0.1) is 5.82 Å². The van der Waals surface area contributed by atoms with Crippen LogP contribution in [0.4, 0.5) is 16.0 Å². The van der Waals surface area contributed by atoms with Crippen LogP contribution in [0.25, 0.3) is 0 Å². The van der Waals surface area contributed by atoms with E-state index >= 15 is 0 Å². The maximum absolute atomic E-state index is 13.0. The van der Waals surface area contributed by atoms with Crippen molar-refractivity contribution in [3.8, 4) is 0 Å². The smallest absolute Gasteiger partial charge is 0.215 e. The second kappa shape index (κ2) is 5.51. The van der Waals surface area contributed by atoms with Crippen molar-refractivity contribution < 1.29 is 13.8 Å². The SMILES string of the molecule is Nc1nonc1N[C@H]1CC(=O)C[C@H](c2ccc(F)cc2)C1. The Hall–Kier alpha value is -2.44. The molecule has 6 nitrogen and oxygen atoms in total. The van der Waals surface area contributed by atoms with Crippen LogP contribution in [-0.2, 0) is 4.79 Å². The van der Waals surface area contributed by atoms with Gasteiger partial charge in [-0.25, -0.2) is 9.02 Å². The standard InChI is InChI=1S/C14H15FN4O2/c15-10-3-1-8(2-4-10)9-5-11(7-12(20)6-9)17-14-13(16)18-21-19-14/h1-4,9,11H,5-7H2,(H2,16,18)(H,17,19)/t9-,11-/m1/s1. The third-order valence-corrected chi connectivity index (χ3v) is 3.71. The molecule has 2 aromatic rings. The molecule has 1 aliphatic rings. The van der Waals surface area contributed by atoms with Gasteiger partial charge in [0.25, 0.3) is 0 Å². The molecule has 0 amide bonds. The number of anilines is 2. The van der Waals surface area contributed by atoms with Gasteiger partial charge < -0.3 is 11.1 Å². The monoisotopic (exact) mass is 290 g/mol. The number of hydrogen-bond acceptors (Lipinski definition) is 6. The zero-order valence-corrected chi connectivity index (χ0v) is 11.3. The van der Waals surface area contributed by atoms with Gasteiger partial charge in [0.2, 0.25) is 11.6 Å². The minimum Gasteiger partial charge on any atom is -0.378 e. The van der Waals surface area contributed by atoms with E-state index in [2.05, 4.69) is 20.3 Å². The maximum atomic E-state index is 13.0. The molecule has 0 unspecified atom stereocenters. The number of halogens is 1. The highest BCUT2D eigenvalue weighted by Gasteiger charge is 2.29. The summed E-state index contributed by atoms with van der Waals surface area (Å²) >= 11 is 0. The quantitative estimate of drug-likeness (QED) is 0.899. The van der Waals surface area contributed by atoms with Crippen LogP contribution >= 0.6 is 0 Å². The maximum Gasteiger partial charge on any atom is 0.215 e. The minimum absolute atomic E-state index is 0.0606. The molecule has 1 saturated carbocycles. The number of carbonyl (C=O) groups is 1. The van der Waals surface area contributed by atoms with Crippen molar-refractivity contribution in [2.45, 2.75) is 31.2 Å². The van der Waals surface area contributed by atoms with Crippen LogP contribution in [0.5, 0.6) is 0 Å². The zero-order valence-electron chi connectivity index (χ0n) is 11.3. The first-order valence-electron chi connectivity index (χ1n) is 6.73. The fourth-order valence-electron chi connectivity index (χ4n) is 2.73. The molecular formula is C14H15FN4O2. The number of aromatic nitrogens is 2. The Morgan fingerprint density at radius 2 is 2.00 bits per heavy atom. The van der Waals surface area contributed by atoms with Crippen molar-refractivity contribution in [2.24, 2.45) is 0 Å². The number of nitrogens with zero attached hydrogens (tertiary/aromatic N) is 2. The van der Waals surface area contributed by atoms with E-state index in [4.69, 9.17) is 5.73 Å². The highest BCUT2D eigenvalue weighted by Crippen LogP contribution is 2.33. The number of nitrogen functional groups attached to an aromatic ring is 1. The molecule has 1 aliphatic carbocycles. The van der Waals surface area contributed by atoms with E-state index in [0.29, 0.717) is 18.7 Å². The summed E-state index contributed by atoms with van der Waals surface area (Å²) in [7, 11) is 0. The van der Waals surface area contributed by atoms with Crippen LogP contribution in [0.15, 0.2) is 28.9 Å². The number of rotatable bonds is 3. The Labute approximate surface area is 120 Å². The van der Waals surface area contributed by atoms with Gasteiger partial charge in [-0.05, 0) is 40.3 Å². The van der Waals surface area contributed by atoms with E-state index in [1.165, 1.54) is 12.1 Å². The average Bonchev–Trinajstić information content (AvgIpc) is 2.84. The molecule has 1 fully saturated rings. The summed E-state index contributed by atoms with van der Waals surface area (Å²) in [6, 6.07) is 6.19. The van der Waals surface area contributed by atoms with Crippen LogP contribution in [-0.4, -0.2) is 22.1 Å². The van der Waals surface area contributed by atoms with Gasteiger partial charge in [-0.15, -0.1) is 0 Å². The molecule has 0 bridgehead atoms. The number of hydrogen-bond donors (Lipinski definition) is 2. The molecule has 1 heterocycles. The second-order valence-electron chi connectivity index (χ2n) is 5.27. The van der Waals surface area contributed by atoms with Crippen molar-refractivity contribution >= 4 is 17.4 Å². The fraction of sp³-hybridized carbons (Fsp3) is 0.357. The second-order valence-corrected chi connectivity index (χ2v) is 5.27. The first kappa shape index (κ1) is 13.5. The van der Waals surface area contributed by atoms with Gasteiger partial charge in [-0.3, -0.25) is 4.79 Å². The van der Waals surface area contributed by atoms with Crippen LogP contribution in [0.2, 0.25) is 0 Å².